The van der Waals surface area contributed by atoms with Crippen molar-refractivity contribution in [3.63, 3.8) is 0 Å². The zero-order chi connectivity index (χ0) is 28.3. The maximum Gasteiger partial charge on any atom is 0.135 e. The van der Waals surface area contributed by atoms with Crippen LogP contribution in [0.25, 0.3) is 76.8 Å². The molecule has 200 valence electrons. The molecule has 0 amide bonds. The number of hydrogen-bond donors (Lipinski definition) is 0. The fourth-order valence-corrected chi connectivity index (χ4v) is 6.93. The molecule has 8 aromatic carbocycles. The van der Waals surface area contributed by atoms with Crippen molar-refractivity contribution < 1.29 is 4.74 Å². The van der Waals surface area contributed by atoms with Gasteiger partial charge in [0.05, 0.1) is 0 Å². The first-order valence-electron chi connectivity index (χ1n) is 14.8. The fourth-order valence-electron chi connectivity index (χ4n) is 6.93. The van der Waals surface area contributed by atoms with Gasteiger partial charge in [0.2, 0.25) is 0 Å². The molecule has 0 spiro atoms. The monoisotopic (exact) mass is 546 g/mol. The van der Waals surface area contributed by atoms with Gasteiger partial charge in [0.25, 0.3) is 0 Å². The van der Waals surface area contributed by atoms with Crippen molar-refractivity contribution in [1.29, 1.82) is 0 Å². The zero-order valence-electron chi connectivity index (χ0n) is 23.4. The maximum absolute atomic E-state index is 6.30. The Morgan fingerprint density at radius 1 is 0.302 bits per heavy atom. The Bertz CT molecular complexity index is 2360. The number of fused-ring (bicyclic) bond motifs is 4. The summed E-state index contributed by atoms with van der Waals surface area (Å²) in [5, 5.41) is 7.40. The van der Waals surface area contributed by atoms with Crippen molar-refractivity contribution in [3.05, 3.63) is 158 Å². The van der Waals surface area contributed by atoms with Crippen LogP contribution in [0.15, 0.2) is 158 Å². The Balaban J connectivity index is 1.27. The SMILES string of the molecule is c1ccc(-c2ccc(-c3ccc(-c4cc5c6c(cccc6c4)Oc4ccccc4-5)c4ccccc34)c3ccccc23)cc1. The average molecular weight is 547 g/mol. The Hall–Kier alpha value is -5.66. The quantitative estimate of drug-likeness (QED) is 0.214. The molecule has 1 aliphatic rings. The first-order valence-corrected chi connectivity index (χ1v) is 14.8. The highest BCUT2D eigenvalue weighted by Crippen LogP contribution is 2.49. The summed E-state index contributed by atoms with van der Waals surface area (Å²) in [6.45, 7) is 0. The van der Waals surface area contributed by atoms with Crippen LogP contribution in [-0.2, 0) is 0 Å². The van der Waals surface area contributed by atoms with Gasteiger partial charge in [-0.15, -0.1) is 0 Å². The second kappa shape index (κ2) is 9.44. The lowest BCUT2D eigenvalue weighted by Crippen LogP contribution is -1.97. The van der Waals surface area contributed by atoms with Crippen molar-refractivity contribution in [3.8, 4) is 56.0 Å². The molecule has 8 aromatic rings. The number of para-hydroxylation sites is 1. The third-order valence-electron chi connectivity index (χ3n) is 8.87. The predicted octanol–water partition coefficient (Wildman–Crippen LogP) is 11.9. The molecule has 0 fully saturated rings. The van der Waals surface area contributed by atoms with Crippen molar-refractivity contribution >= 4 is 32.3 Å². The summed E-state index contributed by atoms with van der Waals surface area (Å²) in [7, 11) is 0. The van der Waals surface area contributed by atoms with E-state index in [4.69, 9.17) is 4.74 Å². The van der Waals surface area contributed by atoms with E-state index in [1.807, 2.05) is 6.07 Å². The van der Waals surface area contributed by atoms with Gasteiger partial charge in [0, 0.05) is 10.9 Å². The lowest BCUT2D eigenvalue weighted by atomic mass is 9.86. The largest absolute Gasteiger partial charge is 0.456 e. The lowest BCUT2D eigenvalue weighted by Gasteiger charge is -2.22. The highest BCUT2D eigenvalue weighted by molar-refractivity contribution is 6.13. The van der Waals surface area contributed by atoms with Gasteiger partial charge in [-0.05, 0) is 90.1 Å². The molecule has 1 nitrogen and oxygen atoms in total. The Morgan fingerprint density at radius 2 is 0.837 bits per heavy atom. The molecule has 43 heavy (non-hydrogen) atoms. The van der Waals surface area contributed by atoms with Gasteiger partial charge in [0.1, 0.15) is 11.5 Å². The number of rotatable bonds is 3. The van der Waals surface area contributed by atoms with E-state index < -0.39 is 0 Å². The fraction of sp³-hybridized carbons (Fsp3) is 0. The zero-order valence-corrected chi connectivity index (χ0v) is 23.4. The lowest BCUT2D eigenvalue weighted by molar-refractivity contribution is 0.487. The Morgan fingerprint density at radius 3 is 1.53 bits per heavy atom. The standard InChI is InChI=1S/C42H26O/c1-2-11-27(12-3-1)30-21-23-36(34-16-6-4-14-32(30)34)37-24-22-31(33-15-5-7-17-35(33)37)29-25-28-13-10-20-41-42(28)39(26-29)38-18-8-9-19-40(38)43-41/h1-26H. The summed E-state index contributed by atoms with van der Waals surface area (Å²) in [6, 6.07) is 56.8. The molecule has 1 heteroatoms. The van der Waals surface area contributed by atoms with Gasteiger partial charge in [0.15, 0.2) is 0 Å². The molecule has 0 bridgehead atoms. The normalized spacial score (nSPS) is 11.9. The molecule has 0 aliphatic carbocycles. The molecule has 0 aromatic heterocycles. The molecule has 0 radical (unpaired) electrons. The molecular weight excluding hydrogens is 520 g/mol. The van der Waals surface area contributed by atoms with Crippen molar-refractivity contribution in [1.82, 2.24) is 0 Å². The van der Waals surface area contributed by atoms with E-state index in [0.29, 0.717) is 0 Å². The molecule has 0 saturated carbocycles. The van der Waals surface area contributed by atoms with E-state index in [1.165, 1.54) is 71.3 Å². The number of hydrogen-bond acceptors (Lipinski definition) is 1. The van der Waals surface area contributed by atoms with E-state index in [0.717, 1.165) is 17.1 Å². The van der Waals surface area contributed by atoms with Gasteiger partial charge in [-0.3, -0.25) is 0 Å². The minimum atomic E-state index is 0.908. The molecule has 0 saturated heterocycles. The van der Waals surface area contributed by atoms with Gasteiger partial charge in [-0.2, -0.15) is 0 Å². The molecule has 1 heterocycles. The maximum atomic E-state index is 6.30. The second-order valence-corrected chi connectivity index (χ2v) is 11.3. The molecule has 9 rings (SSSR count). The van der Waals surface area contributed by atoms with Crippen LogP contribution in [0.1, 0.15) is 0 Å². The third kappa shape index (κ3) is 3.72. The molecular formula is C42H26O. The van der Waals surface area contributed by atoms with Crippen molar-refractivity contribution in [2.45, 2.75) is 0 Å². The van der Waals surface area contributed by atoms with Crippen molar-refractivity contribution in [2.24, 2.45) is 0 Å². The Labute approximate surface area is 250 Å². The highest BCUT2D eigenvalue weighted by atomic mass is 16.5. The highest BCUT2D eigenvalue weighted by Gasteiger charge is 2.21. The minimum Gasteiger partial charge on any atom is -0.456 e. The summed E-state index contributed by atoms with van der Waals surface area (Å²) in [6.07, 6.45) is 0. The second-order valence-electron chi connectivity index (χ2n) is 11.3. The van der Waals surface area contributed by atoms with Gasteiger partial charge in [-0.1, -0.05) is 133 Å². The molecule has 1 aliphatic heterocycles. The molecule has 0 N–H and O–H groups in total. The number of ether oxygens (including phenoxy) is 1. The van der Waals surface area contributed by atoms with Crippen LogP contribution in [0.3, 0.4) is 0 Å². The van der Waals surface area contributed by atoms with Crippen LogP contribution < -0.4 is 4.74 Å². The van der Waals surface area contributed by atoms with Gasteiger partial charge >= 0.3 is 0 Å². The molecule has 0 unspecified atom stereocenters. The topological polar surface area (TPSA) is 9.23 Å². The van der Waals surface area contributed by atoms with Crippen LogP contribution in [0.4, 0.5) is 0 Å². The van der Waals surface area contributed by atoms with E-state index in [9.17, 15) is 0 Å². The Kier molecular flexibility index (Phi) is 5.27. The van der Waals surface area contributed by atoms with E-state index in [-0.39, 0.29) is 0 Å². The smallest absolute Gasteiger partial charge is 0.135 e. The number of benzene rings is 8. The summed E-state index contributed by atoms with van der Waals surface area (Å²) in [5.74, 6) is 1.83. The van der Waals surface area contributed by atoms with Gasteiger partial charge < -0.3 is 4.74 Å². The summed E-state index contributed by atoms with van der Waals surface area (Å²) in [4.78, 5) is 0. The van der Waals surface area contributed by atoms with Crippen LogP contribution in [-0.4, -0.2) is 0 Å². The van der Waals surface area contributed by atoms with Crippen LogP contribution in [0, 0.1) is 0 Å². The summed E-state index contributed by atoms with van der Waals surface area (Å²) >= 11 is 0. The minimum absolute atomic E-state index is 0.908. The molecule has 0 atom stereocenters. The van der Waals surface area contributed by atoms with E-state index >= 15 is 0 Å². The van der Waals surface area contributed by atoms with E-state index in [2.05, 4.69) is 152 Å². The third-order valence-corrected chi connectivity index (χ3v) is 8.87. The van der Waals surface area contributed by atoms with Crippen LogP contribution >= 0.6 is 0 Å². The predicted molar refractivity (Wildman–Crippen MR) is 181 cm³/mol. The average Bonchev–Trinajstić information content (AvgIpc) is 3.08. The van der Waals surface area contributed by atoms with Crippen LogP contribution in [0.5, 0.6) is 11.5 Å². The van der Waals surface area contributed by atoms with Gasteiger partial charge in [-0.25, -0.2) is 0 Å². The first-order chi connectivity index (χ1) is 21.3. The first kappa shape index (κ1) is 24.0. The van der Waals surface area contributed by atoms with Crippen molar-refractivity contribution in [2.75, 3.05) is 0 Å². The summed E-state index contributed by atoms with van der Waals surface area (Å²) < 4.78 is 6.30. The summed E-state index contributed by atoms with van der Waals surface area (Å²) in [5.41, 5.74) is 9.80. The van der Waals surface area contributed by atoms with E-state index in [1.54, 1.807) is 0 Å². The van der Waals surface area contributed by atoms with Crippen LogP contribution in [0.2, 0.25) is 0 Å².